The van der Waals surface area contributed by atoms with E-state index in [1.807, 2.05) is 0 Å². The van der Waals surface area contributed by atoms with Gasteiger partial charge in [0.2, 0.25) is 0 Å². The molecule has 0 aliphatic carbocycles. The molecule has 3 aromatic rings. The highest BCUT2D eigenvalue weighted by atomic mass is 19.1. The highest BCUT2D eigenvalue weighted by Gasteiger charge is 2.37. The fourth-order valence-electron chi connectivity index (χ4n) is 3.66. The Balaban J connectivity index is 1.53. The molecule has 0 spiro atoms. The van der Waals surface area contributed by atoms with Crippen molar-refractivity contribution >= 4 is 46.9 Å². The number of amides is 5. The van der Waals surface area contributed by atoms with Crippen LogP contribution in [0.2, 0.25) is 0 Å². The molecule has 1 aliphatic heterocycles. The highest BCUT2D eigenvalue weighted by molar-refractivity contribution is 6.39. The minimum absolute atomic E-state index is 0.0316. The number of carbonyl (C=O) groups excluding carboxylic acids is 4. The van der Waals surface area contributed by atoms with Gasteiger partial charge in [-0.2, -0.15) is 0 Å². The van der Waals surface area contributed by atoms with Gasteiger partial charge in [0.15, 0.2) is 18.1 Å². The molecule has 0 radical (unpaired) electrons. The van der Waals surface area contributed by atoms with Crippen molar-refractivity contribution in [3.8, 4) is 11.5 Å². The summed E-state index contributed by atoms with van der Waals surface area (Å²) in [4.78, 5) is 61.2. The van der Waals surface area contributed by atoms with Crippen LogP contribution in [0.3, 0.4) is 0 Å². The maximum Gasteiger partial charge on any atom is 0.335 e. The van der Waals surface area contributed by atoms with Gasteiger partial charge in [-0.3, -0.25) is 29.8 Å². The van der Waals surface area contributed by atoms with Crippen molar-refractivity contribution in [1.82, 2.24) is 5.32 Å². The monoisotopic (exact) mass is 548 g/mol. The molecule has 1 heterocycles. The molecule has 2 N–H and O–H groups in total. The number of nitro groups is 1. The number of benzene rings is 3. The summed E-state index contributed by atoms with van der Waals surface area (Å²) in [5, 5.41) is 15.6. The second-order valence-corrected chi connectivity index (χ2v) is 8.21. The fraction of sp³-hybridized carbons (Fsp3) is 0.111. The summed E-state index contributed by atoms with van der Waals surface area (Å²) in [5.74, 6) is -2.37. The van der Waals surface area contributed by atoms with E-state index in [4.69, 9.17) is 9.47 Å². The number of barbiturate groups is 1. The first-order valence-corrected chi connectivity index (χ1v) is 11.8. The van der Waals surface area contributed by atoms with Gasteiger partial charge >= 0.3 is 6.03 Å². The van der Waals surface area contributed by atoms with Gasteiger partial charge in [-0.05, 0) is 67.1 Å². The second kappa shape index (κ2) is 11.9. The molecule has 1 aliphatic rings. The van der Waals surface area contributed by atoms with Crippen molar-refractivity contribution in [2.24, 2.45) is 0 Å². The number of nitrogens with one attached hydrogen (secondary N) is 2. The van der Waals surface area contributed by atoms with Crippen molar-refractivity contribution in [3.05, 3.63) is 93.8 Å². The molecule has 13 heteroatoms. The van der Waals surface area contributed by atoms with Crippen LogP contribution in [0, 0.1) is 15.9 Å². The summed E-state index contributed by atoms with van der Waals surface area (Å²) in [6.45, 7) is 1.58. The van der Waals surface area contributed by atoms with E-state index in [1.165, 1.54) is 60.7 Å². The molecule has 204 valence electrons. The third-order valence-electron chi connectivity index (χ3n) is 5.49. The zero-order valence-electron chi connectivity index (χ0n) is 20.9. The van der Waals surface area contributed by atoms with Crippen molar-refractivity contribution in [1.29, 1.82) is 0 Å². The van der Waals surface area contributed by atoms with Crippen LogP contribution < -0.4 is 25.0 Å². The van der Waals surface area contributed by atoms with Gasteiger partial charge in [-0.1, -0.05) is 6.07 Å². The largest absolute Gasteiger partial charge is 0.490 e. The van der Waals surface area contributed by atoms with Gasteiger partial charge < -0.3 is 14.8 Å². The van der Waals surface area contributed by atoms with E-state index in [0.29, 0.717) is 16.2 Å². The Morgan fingerprint density at radius 3 is 2.38 bits per heavy atom. The minimum atomic E-state index is -1.00. The SMILES string of the molecule is CCOc1cc(/C=C2/C(=O)NC(=O)N(c3ccc([N+](=O)[O-])cc3)C2=O)ccc1OCC(=O)Nc1ccc(F)cc1. The molecule has 3 aromatic carbocycles. The summed E-state index contributed by atoms with van der Waals surface area (Å²) in [5.41, 5.74) is 0.165. The van der Waals surface area contributed by atoms with Crippen LogP contribution in [0.15, 0.2) is 72.3 Å². The number of nitrogens with zero attached hydrogens (tertiary/aromatic N) is 2. The molecule has 4 rings (SSSR count). The fourth-order valence-corrected chi connectivity index (χ4v) is 3.66. The average molecular weight is 548 g/mol. The van der Waals surface area contributed by atoms with Crippen LogP contribution in [0.4, 0.5) is 26.2 Å². The number of non-ortho nitro benzene ring substituents is 1. The molecule has 0 atom stereocenters. The van der Waals surface area contributed by atoms with E-state index < -0.39 is 34.5 Å². The molecule has 0 saturated carbocycles. The normalized spacial score (nSPS) is 14.1. The molecule has 12 nitrogen and oxygen atoms in total. The third kappa shape index (κ3) is 6.27. The molecular weight excluding hydrogens is 527 g/mol. The first kappa shape index (κ1) is 27.4. The molecule has 0 unspecified atom stereocenters. The lowest BCUT2D eigenvalue weighted by molar-refractivity contribution is -0.384. The zero-order valence-corrected chi connectivity index (χ0v) is 20.9. The quantitative estimate of drug-likeness (QED) is 0.177. The highest BCUT2D eigenvalue weighted by Crippen LogP contribution is 2.30. The number of nitro benzene ring substituents is 1. The number of imide groups is 2. The molecular formula is C27H21FN4O8. The van der Waals surface area contributed by atoms with E-state index in [2.05, 4.69) is 10.6 Å². The number of rotatable bonds is 9. The van der Waals surface area contributed by atoms with Crippen LogP contribution in [0.1, 0.15) is 12.5 Å². The van der Waals surface area contributed by atoms with E-state index in [-0.39, 0.29) is 41.7 Å². The van der Waals surface area contributed by atoms with Crippen LogP contribution in [0.25, 0.3) is 6.08 Å². The van der Waals surface area contributed by atoms with Crippen LogP contribution in [-0.2, 0) is 14.4 Å². The maximum atomic E-state index is 13.1. The number of carbonyl (C=O) groups is 4. The Kier molecular flexibility index (Phi) is 8.13. The first-order chi connectivity index (χ1) is 19.2. The van der Waals surface area contributed by atoms with Gasteiger partial charge in [0, 0.05) is 17.8 Å². The second-order valence-electron chi connectivity index (χ2n) is 8.21. The molecule has 1 fully saturated rings. The Hall–Kier alpha value is -5.59. The van der Waals surface area contributed by atoms with Gasteiger partial charge in [0.25, 0.3) is 23.4 Å². The summed E-state index contributed by atoms with van der Waals surface area (Å²) in [7, 11) is 0. The van der Waals surface area contributed by atoms with E-state index in [1.54, 1.807) is 6.92 Å². The average Bonchev–Trinajstić information content (AvgIpc) is 2.92. The Labute approximate surface area is 226 Å². The summed E-state index contributed by atoms with van der Waals surface area (Å²) < 4.78 is 24.2. The van der Waals surface area contributed by atoms with E-state index >= 15 is 0 Å². The van der Waals surface area contributed by atoms with Crippen LogP contribution in [-0.4, -0.2) is 41.9 Å². The van der Waals surface area contributed by atoms with Gasteiger partial charge in [-0.25, -0.2) is 14.1 Å². The minimum Gasteiger partial charge on any atom is -0.490 e. The Bertz CT molecular complexity index is 1520. The van der Waals surface area contributed by atoms with Gasteiger partial charge in [0.05, 0.1) is 17.2 Å². The van der Waals surface area contributed by atoms with Crippen molar-refractivity contribution < 1.29 is 38.0 Å². The molecule has 0 aromatic heterocycles. The first-order valence-electron chi connectivity index (χ1n) is 11.8. The molecule has 0 bridgehead atoms. The number of urea groups is 1. The van der Waals surface area contributed by atoms with Crippen LogP contribution in [0.5, 0.6) is 11.5 Å². The Morgan fingerprint density at radius 2 is 1.73 bits per heavy atom. The number of anilines is 2. The van der Waals surface area contributed by atoms with Crippen molar-refractivity contribution in [3.63, 3.8) is 0 Å². The number of hydrogen-bond acceptors (Lipinski definition) is 8. The molecule has 40 heavy (non-hydrogen) atoms. The summed E-state index contributed by atoms with van der Waals surface area (Å²) in [6, 6.07) is 13.4. The lowest BCUT2D eigenvalue weighted by Crippen LogP contribution is -2.54. The van der Waals surface area contributed by atoms with Gasteiger partial charge in [-0.15, -0.1) is 0 Å². The Morgan fingerprint density at radius 1 is 1.02 bits per heavy atom. The molecule has 1 saturated heterocycles. The standard InChI is InChI=1S/C27H21FN4O8/c1-2-39-23-14-16(3-12-22(23)40-15-24(33)29-18-6-4-17(28)5-7-18)13-21-25(34)30-27(36)31(26(21)35)19-8-10-20(11-9-19)32(37)38/h3-14H,2,15H2,1H3,(H,29,33)(H,30,34,36)/b21-13-. The van der Waals surface area contributed by atoms with Crippen molar-refractivity contribution in [2.45, 2.75) is 6.92 Å². The van der Waals surface area contributed by atoms with Gasteiger partial charge in [0.1, 0.15) is 11.4 Å². The summed E-state index contributed by atoms with van der Waals surface area (Å²) >= 11 is 0. The predicted molar refractivity (Wildman–Crippen MR) is 140 cm³/mol. The topological polar surface area (TPSA) is 157 Å². The predicted octanol–water partition coefficient (Wildman–Crippen LogP) is 3.82. The molecule has 5 amide bonds. The summed E-state index contributed by atoms with van der Waals surface area (Å²) in [6.07, 6.45) is 1.25. The lowest BCUT2D eigenvalue weighted by atomic mass is 10.1. The lowest BCUT2D eigenvalue weighted by Gasteiger charge is -2.26. The van der Waals surface area contributed by atoms with Crippen molar-refractivity contribution in [2.75, 3.05) is 23.4 Å². The number of hydrogen-bond donors (Lipinski definition) is 2. The smallest absolute Gasteiger partial charge is 0.335 e. The number of halogens is 1. The maximum absolute atomic E-state index is 13.1. The van der Waals surface area contributed by atoms with E-state index in [0.717, 1.165) is 12.1 Å². The number of ether oxygens (including phenoxy) is 2. The van der Waals surface area contributed by atoms with Crippen LogP contribution >= 0.6 is 0 Å². The van der Waals surface area contributed by atoms with E-state index in [9.17, 15) is 33.7 Å². The zero-order chi connectivity index (χ0) is 28.8. The third-order valence-corrected chi connectivity index (χ3v) is 5.49.